The lowest BCUT2D eigenvalue weighted by Crippen LogP contribution is -2.39. The maximum Gasteiger partial charge on any atom is 0.254 e. The van der Waals surface area contributed by atoms with Gasteiger partial charge in [-0.2, -0.15) is 0 Å². The number of amides is 2. The van der Waals surface area contributed by atoms with E-state index >= 15 is 0 Å². The molecule has 0 atom stereocenters. The predicted molar refractivity (Wildman–Crippen MR) is 220 cm³/mol. The summed E-state index contributed by atoms with van der Waals surface area (Å²) in [5.74, 6) is 1.73. The zero-order valence-corrected chi connectivity index (χ0v) is 32.1. The van der Waals surface area contributed by atoms with Crippen LogP contribution in [0.3, 0.4) is 0 Å². The first kappa shape index (κ1) is 38.3. The smallest absolute Gasteiger partial charge is 0.254 e. The average Bonchev–Trinajstić information content (AvgIpc) is 3.85. The van der Waals surface area contributed by atoms with Gasteiger partial charge in [-0.1, -0.05) is 67.6 Å². The Balaban J connectivity index is 0.000000177. The molecule has 0 spiro atoms. The average molecular weight is 723 g/mol. The number of aromatic amines is 2. The Hall–Kier alpha value is -5.43. The van der Waals surface area contributed by atoms with Crippen molar-refractivity contribution in [1.82, 2.24) is 19.8 Å². The van der Waals surface area contributed by atoms with Gasteiger partial charge in [-0.05, 0) is 129 Å². The molecule has 2 N–H and O–H groups in total. The minimum Gasteiger partial charge on any atom is -0.361 e. The van der Waals surface area contributed by atoms with E-state index in [0.717, 1.165) is 110 Å². The minimum absolute atomic E-state index is 0.179. The van der Waals surface area contributed by atoms with Gasteiger partial charge in [0.15, 0.2) is 0 Å². The lowest BCUT2D eigenvalue weighted by atomic mass is 9.90. The summed E-state index contributed by atoms with van der Waals surface area (Å²) < 4.78 is 0. The molecule has 0 radical (unpaired) electrons. The summed E-state index contributed by atoms with van der Waals surface area (Å²) in [6.45, 7) is 11.7. The molecule has 54 heavy (non-hydrogen) atoms. The summed E-state index contributed by atoms with van der Waals surface area (Å²) in [4.78, 5) is 44.8. The first-order chi connectivity index (χ1) is 26.4. The van der Waals surface area contributed by atoms with Crippen LogP contribution in [0, 0.1) is 25.7 Å². The number of fused-ring (bicyclic) bond motifs is 2. The number of nitrogens with zero attached hydrogens (tertiary/aromatic N) is 2. The standard InChI is InChI=1S/C24H28N2O.C22H24N2O.CH2O/c1-3-20-16-25-23-13-17(2)21(15-22(20)23)24(27)26-11-9-19(10-12-26)14-18-7-5-4-6-8-18;1-16-13-21-19(7-10-23-21)15-20(16)22(25)24-11-8-18(9-12-24)14-17-5-3-2-4-6-17;1-2/h4-8,13,15-16,19,25H,3,9-12,14H2,1-2H3;2-7,10,13,15,18,23H,8-9,11-12,14H2,1H3;1H2. The molecule has 0 aliphatic carbocycles. The number of carbonyl (C=O) groups excluding carboxylic acids is 3. The highest BCUT2D eigenvalue weighted by Gasteiger charge is 2.26. The Labute approximate surface area is 319 Å². The summed E-state index contributed by atoms with van der Waals surface area (Å²) in [7, 11) is 0. The molecule has 0 unspecified atom stereocenters. The van der Waals surface area contributed by atoms with Gasteiger partial charge in [-0.15, -0.1) is 0 Å². The van der Waals surface area contributed by atoms with Crippen LogP contribution >= 0.6 is 0 Å². The highest BCUT2D eigenvalue weighted by atomic mass is 16.2. The summed E-state index contributed by atoms with van der Waals surface area (Å²) in [5.41, 5.74) is 10.1. The molecule has 2 amide bonds. The number of aryl methyl sites for hydroxylation is 3. The third-order valence-electron chi connectivity index (χ3n) is 11.4. The Morgan fingerprint density at radius 2 is 1.13 bits per heavy atom. The van der Waals surface area contributed by atoms with E-state index in [-0.39, 0.29) is 11.8 Å². The maximum atomic E-state index is 13.2. The first-order valence-corrected chi connectivity index (χ1v) is 19.5. The van der Waals surface area contributed by atoms with Crippen molar-refractivity contribution in [3.63, 3.8) is 0 Å². The number of benzene rings is 4. The molecular formula is C47H54N4O3. The third kappa shape index (κ3) is 9.02. The Morgan fingerprint density at radius 1 is 0.648 bits per heavy atom. The van der Waals surface area contributed by atoms with Gasteiger partial charge in [-0.3, -0.25) is 9.59 Å². The SMILES string of the molecule is C=O.CCc1c[nH]c2cc(C)c(C(=O)N3CCC(Cc4ccccc4)CC3)cc12.Cc1cc2[nH]ccc2cc1C(=O)N1CCC(Cc2ccccc2)CC1. The van der Waals surface area contributed by atoms with Crippen molar-refractivity contribution in [1.29, 1.82) is 0 Å². The number of hydrogen-bond donors (Lipinski definition) is 2. The van der Waals surface area contributed by atoms with Gasteiger partial charge in [0.2, 0.25) is 0 Å². The maximum absolute atomic E-state index is 13.2. The van der Waals surface area contributed by atoms with Gasteiger partial charge in [0, 0.05) is 71.5 Å². The van der Waals surface area contributed by atoms with Crippen molar-refractivity contribution in [2.45, 2.75) is 65.7 Å². The van der Waals surface area contributed by atoms with Gasteiger partial charge >= 0.3 is 0 Å². The topological polar surface area (TPSA) is 89.3 Å². The van der Waals surface area contributed by atoms with Gasteiger partial charge in [0.1, 0.15) is 6.79 Å². The Bertz CT molecular complexity index is 2140. The van der Waals surface area contributed by atoms with Crippen molar-refractivity contribution < 1.29 is 14.4 Å². The predicted octanol–water partition coefficient (Wildman–Crippen LogP) is 9.52. The van der Waals surface area contributed by atoms with Crippen molar-refractivity contribution in [2.75, 3.05) is 26.2 Å². The molecular weight excluding hydrogens is 669 g/mol. The molecule has 7 heteroatoms. The highest BCUT2D eigenvalue weighted by molar-refractivity contribution is 6.01. The van der Waals surface area contributed by atoms with Gasteiger partial charge in [-0.25, -0.2) is 0 Å². The van der Waals surface area contributed by atoms with Crippen molar-refractivity contribution in [2.24, 2.45) is 11.8 Å². The fourth-order valence-corrected chi connectivity index (χ4v) is 8.21. The number of nitrogens with one attached hydrogen (secondary N) is 2. The van der Waals surface area contributed by atoms with Crippen LogP contribution in [0.1, 0.15) is 81.1 Å². The largest absolute Gasteiger partial charge is 0.361 e. The zero-order valence-electron chi connectivity index (χ0n) is 32.1. The number of rotatable bonds is 7. The first-order valence-electron chi connectivity index (χ1n) is 19.5. The fraction of sp³-hybridized carbons (Fsp3) is 0.340. The lowest BCUT2D eigenvalue weighted by molar-refractivity contribution is -0.0980. The quantitative estimate of drug-likeness (QED) is 0.172. The summed E-state index contributed by atoms with van der Waals surface area (Å²) >= 11 is 0. The van der Waals surface area contributed by atoms with E-state index in [4.69, 9.17) is 4.79 Å². The van der Waals surface area contributed by atoms with E-state index in [1.54, 1.807) is 0 Å². The van der Waals surface area contributed by atoms with Crippen LogP contribution in [-0.4, -0.2) is 64.6 Å². The van der Waals surface area contributed by atoms with Gasteiger partial charge < -0.3 is 24.6 Å². The van der Waals surface area contributed by atoms with Crippen LogP contribution in [0.4, 0.5) is 0 Å². The molecule has 6 aromatic rings. The Morgan fingerprint density at radius 3 is 1.63 bits per heavy atom. The lowest BCUT2D eigenvalue weighted by Gasteiger charge is -2.32. The molecule has 4 aromatic carbocycles. The van der Waals surface area contributed by atoms with E-state index in [0.29, 0.717) is 11.8 Å². The highest BCUT2D eigenvalue weighted by Crippen LogP contribution is 2.28. The van der Waals surface area contributed by atoms with Crippen molar-refractivity contribution in [3.8, 4) is 0 Å². The number of aromatic nitrogens is 2. The number of hydrogen-bond acceptors (Lipinski definition) is 3. The van der Waals surface area contributed by atoms with Crippen LogP contribution < -0.4 is 0 Å². The molecule has 8 rings (SSSR count). The third-order valence-corrected chi connectivity index (χ3v) is 11.4. The molecule has 4 heterocycles. The molecule has 0 saturated carbocycles. The van der Waals surface area contributed by atoms with E-state index in [1.165, 1.54) is 22.1 Å². The second-order valence-electron chi connectivity index (χ2n) is 15.0. The summed E-state index contributed by atoms with van der Waals surface area (Å²) in [5, 5.41) is 2.29. The summed E-state index contributed by atoms with van der Waals surface area (Å²) in [6.07, 6.45) is 11.6. The van der Waals surface area contributed by atoms with E-state index in [2.05, 4.69) is 102 Å². The van der Waals surface area contributed by atoms with Crippen LogP contribution in [-0.2, 0) is 24.1 Å². The van der Waals surface area contributed by atoms with Gasteiger partial charge in [0.25, 0.3) is 11.8 Å². The van der Waals surface area contributed by atoms with E-state index in [9.17, 15) is 9.59 Å². The van der Waals surface area contributed by atoms with E-state index in [1.807, 2.05) is 48.8 Å². The monoisotopic (exact) mass is 722 g/mol. The Kier molecular flexibility index (Phi) is 12.8. The molecule has 2 aliphatic rings. The molecule has 2 saturated heterocycles. The normalized spacial score (nSPS) is 15.0. The van der Waals surface area contributed by atoms with Crippen LogP contribution in [0.5, 0.6) is 0 Å². The molecule has 2 aromatic heterocycles. The second kappa shape index (κ2) is 18.1. The molecule has 2 aliphatic heterocycles. The molecule has 2 fully saturated rings. The minimum atomic E-state index is 0.179. The van der Waals surface area contributed by atoms with Crippen LogP contribution in [0.2, 0.25) is 0 Å². The molecule has 280 valence electrons. The van der Waals surface area contributed by atoms with Crippen LogP contribution in [0.25, 0.3) is 21.8 Å². The van der Waals surface area contributed by atoms with E-state index < -0.39 is 0 Å². The zero-order chi connectivity index (χ0) is 38.0. The fourth-order valence-electron chi connectivity index (χ4n) is 8.21. The van der Waals surface area contributed by atoms with Crippen molar-refractivity contribution >= 4 is 40.4 Å². The molecule has 0 bridgehead atoms. The number of likely N-dealkylation sites (tertiary alicyclic amines) is 2. The summed E-state index contributed by atoms with van der Waals surface area (Å²) in [6, 6.07) is 31.7. The number of carbonyl (C=O) groups is 3. The van der Waals surface area contributed by atoms with Gasteiger partial charge in [0.05, 0.1) is 0 Å². The number of H-pyrrole nitrogens is 2. The molecule has 7 nitrogen and oxygen atoms in total. The van der Waals surface area contributed by atoms with Crippen LogP contribution in [0.15, 0.2) is 103 Å². The number of piperidine rings is 2. The van der Waals surface area contributed by atoms with Crippen molar-refractivity contribution in [3.05, 3.63) is 142 Å². The second-order valence-corrected chi connectivity index (χ2v) is 15.0.